The summed E-state index contributed by atoms with van der Waals surface area (Å²) in [6.45, 7) is 2.16. The van der Waals surface area contributed by atoms with Gasteiger partial charge in [-0.25, -0.2) is 0 Å². The molecule has 1 amide bonds. The second-order valence-corrected chi connectivity index (χ2v) is 6.05. The molecule has 1 aromatic carbocycles. The van der Waals surface area contributed by atoms with Crippen LogP contribution >= 0.6 is 11.6 Å². The van der Waals surface area contributed by atoms with Gasteiger partial charge >= 0.3 is 0 Å². The summed E-state index contributed by atoms with van der Waals surface area (Å²) in [6.07, 6.45) is 0.846. The van der Waals surface area contributed by atoms with Gasteiger partial charge in [-0.3, -0.25) is 4.79 Å². The van der Waals surface area contributed by atoms with Crippen LogP contribution in [-0.4, -0.2) is 42.7 Å². The Labute approximate surface area is 145 Å². The first kappa shape index (κ1) is 16.8. The lowest BCUT2D eigenvalue weighted by Crippen LogP contribution is -2.48. The van der Waals surface area contributed by atoms with Crippen LogP contribution in [0.5, 0.6) is 5.75 Å². The van der Waals surface area contributed by atoms with Gasteiger partial charge in [-0.05, 0) is 6.07 Å². The van der Waals surface area contributed by atoms with Gasteiger partial charge < -0.3 is 19.5 Å². The summed E-state index contributed by atoms with van der Waals surface area (Å²) in [5, 5.41) is 7.29. The number of methoxy groups -OCH3 is 1. The van der Waals surface area contributed by atoms with Crippen LogP contribution in [0.15, 0.2) is 34.9 Å². The zero-order valence-corrected chi connectivity index (χ0v) is 14.3. The summed E-state index contributed by atoms with van der Waals surface area (Å²) >= 11 is 5.74. The number of nitrogens with one attached hydrogen (secondary N) is 1. The standard InChI is InChI=1S/C17H20ClN3O3/c1-23-15-5-3-2-4-13(15)14-11-19-8-9-21(14)17(22)7-6-12-10-16(18)20-24-12/h2-5,10,14,19H,6-9,11H2,1H3/t14-/m1/s1. The minimum Gasteiger partial charge on any atom is -0.496 e. The maximum atomic E-state index is 12.7. The van der Waals surface area contributed by atoms with Crippen molar-refractivity contribution in [2.24, 2.45) is 0 Å². The molecule has 2 aromatic rings. The highest BCUT2D eigenvalue weighted by atomic mass is 35.5. The molecule has 1 aromatic heterocycles. The number of ether oxygens (including phenoxy) is 1. The number of rotatable bonds is 5. The van der Waals surface area contributed by atoms with Crippen molar-refractivity contribution in [2.45, 2.75) is 18.9 Å². The minimum absolute atomic E-state index is 0.0410. The predicted octanol–water partition coefficient (Wildman–Crippen LogP) is 2.44. The average molecular weight is 350 g/mol. The number of benzene rings is 1. The molecule has 0 saturated carbocycles. The number of piperazine rings is 1. The quantitative estimate of drug-likeness (QED) is 0.898. The van der Waals surface area contributed by atoms with Crippen LogP contribution in [0.4, 0.5) is 0 Å². The molecular formula is C17H20ClN3O3. The van der Waals surface area contributed by atoms with Gasteiger partial charge in [-0.15, -0.1) is 0 Å². The molecule has 24 heavy (non-hydrogen) atoms. The largest absolute Gasteiger partial charge is 0.496 e. The van der Waals surface area contributed by atoms with Crippen LogP contribution in [0.3, 0.4) is 0 Å². The summed E-state index contributed by atoms with van der Waals surface area (Å²) in [5.41, 5.74) is 1.02. The van der Waals surface area contributed by atoms with E-state index in [4.69, 9.17) is 20.9 Å². The Morgan fingerprint density at radius 3 is 3.08 bits per heavy atom. The number of aryl methyl sites for hydroxylation is 1. The number of para-hydroxylation sites is 1. The van der Waals surface area contributed by atoms with E-state index >= 15 is 0 Å². The van der Waals surface area contributed by atoms with Gasteiger partial charge in [-0.1, -0.05) is 35.0 Å². The Kier molecular flexibility index (Phi) is 5.37. The fraction of sp³-hybridized carbons (Fsp3) is 0.412. The molecular weight excluding hydrogens is 330 g/mol. The van der Waals surface area contributed by atoms with Crippen molar-refractivity contribution in [3.8, 4) is 5.75 Å². The van der Waals surface area contributed by atoms with Crippen LogP contribution < -0.4 is 10.1 Å². The summed E-state index contributed by atoms with van der Waals surface area (Å²) < 4.78 is 10.5. The molecule has 1 saturated heterocycles. The third kappa shape index (κ3) is 3.71. The second kappa shape index (κ2) is 7.68. The van der Waals surface area contributed by atoms with Crippen molar-refractivity contribution in [3.63, 3.8) is 0 Å². The fourth-order valence-corrected chi connectivity index (χ4v) is 3.16. The van der Waals surface area contributed by atoms with E-state index in [9.17, 15) is 4.79 Å². The van der Waals surface area contributed by atoms with Gasteiger partial charge in [0.2, 0.25) is 5.91 Å². The van der Waals surface area contributed by atoms with Crippen LogP contribution in [0.2, 0.25) is 5.15 Å². The first-order valence-electron chi connectivity index (χ1n) is 7.93. The number of carbonyl (C=O) groups excluding carboxylic acids is 1. The number of amides is 1. The maximum absolute atomic E-state index is 12.7. The lowest BCUT2D eigenvalue weighted by atomic mass is 10.0. The van der Waals surface area contributed by atoms with Crippen LogP contribution in [0.1, 0.15) is 23.8 Å². The first-order valence-corrected chi connectivity index (χ1v) is 8.31. The summed E-state index contributed by atoms with van der Waals surface area (Å²) in [7, 11) is 1.65. The number of hydrogen-bond donors (Lipinski definition) is 1. The topological polar surface area (TPSA) is 67.6 Å². The van der Waals surface area contributed by atoms with Gasteiger partial charge in [0.05, 0.1) is 13.2 Å². The molecule has 6 nitrogen and oxygen atoms in total. The summed E-state index contributed by atoms with van der Waals surface area (Å²) in [4.78, 5) is 14.6. The van der Waals surface area contributed by atoms with Crippen molar-refractivity contribution in [1.82, 2.24) is 15.4 Å². The second-order valence-electron chi connectivity index (χ2n) is 5.66. The number of carbonyl (C=O) groups is 1. The third-order valence-corrected chi connectivity index (χ3v) is 4.36. The first-order chi connectivity index (χ1) is 11.7. The van der Waals surface area contributed by atoms with Crippen molar-refractivity contribution in [3.05, 3.63) is 46.8 Å². The van der Waals surface area contributed by atoms with Crippen LogP contribution in [0, 0.1) is 0 Å². The van der Waals surface area contributed by atoms with Gasteiger partial charge in [-0.2, -0.15) is 0 Å². The molecule has 7 heteroatoms. The number of aromatic nitrogens is 1. The number of nitrogens with zero attached hydrogens (tertiary/aromatic N) is 2. The third-order valence-electron chi connectivity index (χ3n) is 4.18. The fourth-order valence-electron chi connectivity index (χ4n) is 3.00. The molecule has 1 aliphatic heterocycles. The monoisotopic (exact) mass is 349 g/mol. The summed E-state index contributed by atoms with van der Waals surface area (Å²) in [5.74, 6) is 1.50. The van der Waals surface area contributed by atoms with Gasteiger partial charge in [0.15, 0.2) is 5.15 Å². The molecule has 2 heterocycles. The highest BCUT2D eigenvalue weighted by Gasteiger charge is 2.29. The molecule has 128 valence electrons. The molecule has 0 unspecified atom stereocenters. The Bertz CT molecular complexity index is 704. The zero-order valence-electron chi connectivity index (χ0n) is 13.5. The van der Waals surface area contributed by atoms with Gasteiger partial charge in [0.1, 0.15) is 11.5 Å². The number of halogens is 1. The lowest BCUT2D eigenvalue weighted by molar-refractivity contribution is -0.134. The molecule has 1 N–H and O–H groups in total. The molecule has 0 aliphatic carbocycles. The molecule has 0 radical (unpaired) electrons. The molecule has 3 rings (SSSR count). The Morgan fingerprint density at radius 1 is 1.50 bits per heavy atom. The van der Waals surface area contributed by atoms with E-state index in [0.29, 0.717) is 36.8 Å². The van der Waals surface area contributed by atoms with Gasteiger partial charge in [0.25, 0.3) is 0 Å². The van der Waals surface area contributed by atoms with E-state index in [1.807, 2.05) is 29.2 Å². The van der Waals surface area contributed by atoms with Crippen molar-refractivity contribution >= 4 is 17.5 Å². The molecule has 0 spiro atoms. The van der Waals surface area contributed by atoms with Crippen LogP contribution in [-0.2, 0) is 11.2 Å². The van der Waals surface area contributed by atoms with Crippen molar-refractivity contribution < 1.29 is 14.1 Å². The molecule has 0 bridgehead atoms. The minimum atomic E-state index is -0.0410. The van der Waals surface area contributed by atoms with E-state index in [1.165, 1.54) is 0 Å². The van der Waals surface area contributed by atoms with E-state index < -0.39 is 0 Å². The molecule has 1 atom stereocenters. The SMILES string of the molecule is COc1ccccc1[C@H]1CNCCN1C(=O)CCc1cc(Cl)no1. The van der Waals surface area contributed by atoms with Crippen molar-refractivity contribution in [2.75, 3.05) is 26.7 Å². The molecule has 1 fully saturated rings. The Hall–Kier alpha value is -2.05. The van der Waals surface area contributed by atoms with E-state index in [0.717, 1.165) is 17.9 Å². The normalized spacial score (nSPS) is 17.8. The lowest BCUT2D eigenvalue weighted by Gasteiger charge is -2.37. The molecule has 1 aliphatic rings. The predicted molar refractivity (Wildman–Crippen MR) is 90.2 cm³/mol. The zero-order chi connectivity index (χ0) is 16.9. The van der Waals surface area contributed by atoms with Crippen molar-refractivity contribution in [1.29, 1.82) is 0 Å². The maximum Gasteiger partial charge on any atom is 0.223 e. The van der Waals surface area contributed by atoms with Gasteiger partial charge in [0, 0.05) is 44.1 Å². The van der Waals surface area contributed by atoms with E-state index in [1.54, 1.807) is 13.2 Å². The average Bonchev–Trinajstić information content (AvgIpc) is 3.05. The van der Waals surface area contributed by atoms with E-state index in [-0.39, 0.29) is 11.9 Å². The Balaban J connectivity index is 1.72. The smallest absolute Gasteiger partial charge is 0.223 e. The highest BCUT2D eigenvalue weighted by molar-refractivity contribution is 6.29. The number of hydrogen-bond acceptors (Lipinski definition) is 5. The highest BCUT2D eigenvalue weighted by Crippen LogP contribution is 2.30. The summed E-state index contributed by atoms with van der Waals surface area (Å²) in [6, 6.07) is 9.42. The van der Waals surface area contributed by atoms with E-state index in [2.05, 4.69) is 10.5 Å². The van der Waals surface area contributed by atoms with Crippen LogP contribution in [0.25, 0.3) is 0 Å². The Morgan fingerprint density at radius 2 is 2.33 bits per heavy atom.